The second-order valence-corrected chi connectivity index (χ2v) is 5.26. The molecule has 1 heterocycles. The van der Waals surface area contributed by atoms with Gasteiger partial charge in [-0.05, 0) is 19.9 Å². The van der Waals surface area contributed by atoms with E-state index in [1.165, 1.54) is 0 Å². The number of carbonyl (C=O) groups excluding carboxylic acids is 1. The zero-order valence-electron chi connectivity index (χ0n) is 11.2. The first kappa shape index (κ1) is 14.0. The molecule has 1 aliphatic carbocycles. The van der Waals surface area contributed by atoms with Crippen LogP contribution in [0.4, 0.5) is 0 Å². The number of likely N-dealkylation sites (N-methyl/N-ethyl adjacent to an activating group) is 1. The van der Waals surface area contributed by atoms with Crippen LogP contribution in [0, 0.1) is 11.8 Å². The SMILES string of the molecule is CN1CCN(NC(=O)[C@H]2CC=CC[C@@H]2C(=O)O)CC1. The topological polar surface area (TPSA) is 72.9 Å². The van der Waals surface area contributed by atoms with Gasteiger partial charge in [0.2, 0.25) is 5.91 Å². The zero-order valence-corrected chi connectivity index (χ0v) is 11.2. The van der Waals surface area contributed by atoms with Crippen LogP contribution in [0.2, 0.25) is 0 Å². The Bertz CT molecular complexity index is 375. The van der Waals surface area contributed by atoms with E-state index in [-0.39, 0.29) is 5.91 Å². The van der Waals surface area contributed by atoms with Gasteiger partial charge in [0.1, 0.15) is 0 Å². The summed E-state index contributed by atoms with van der Waals surface area (Å²) in [4.78, 5) is 25.6. The van der Waals surface area contributed by atoms with E-state index in [2.05, 4.69) is 10.3 Å². The third-order valence-electron chi connectivity index (χ3n) is 3.86. The van der Waals surface area contributed by atoms with Crippen molar-refractivity contribution in [2.75, 3.05) is 33.2 Å². The van der Waals surface area contributed by atoms with Crippen LogP contribution in [0.5, 0.6) is 0 Å². The van der Waals surface area contributed by atoms with Gasteiger partial charge in [-0.1, -0.05) is 12.2 Å². The molecule has 0 aromatic rings. The van der Waals surface area contributed by atoms with Gasteiger partial charge in [0.25, 0.3) is 0 Å². The van der Waals surface area contributed by atoms with Crippen molar-refractivity contribution in [3.8, 4) is 0 Å². The molecular weight excluding hydrogens is 246 g/mol. The monoisotopic (exact) mass is 267 g/mol. The molecule has 0 aromatic heterocycles. The standard InChI is InChI=1S/C13H21N3O3/c1-15-6-8-16(9-7-15)14-12(17)10-4-2-3-5-11(10)13(18)19/h2-3,10-11H,4-9H2,1H3,(H,14,17)(H,18,19)/t10-,11-/m0/s1. The number of nitrogens with one attached hydrogen (secondary N) is 1. The van der Waals surface area contributed by atoms with Gasteiger partial charge in [-0.25, -0.2) is 5.01 Å². The Morgan fingerprint density at radius 1 is 1.11 bits per heavy atom. The number of hydrogen-bond donors (Lipinski definition) is 2. The lowest BCUT2D eigenvalue weighted by atomic mass is 9.82. The number of amides is 1. The molecule has 1 amide bonds. The largest absolute Gasteiger partial charge is 0.481 e. The Hall–Kier alpha value is -1.40. The summed E-state index contributed by atoms with van der Waals surface area (Å²) in [6.45, 7) is 3.38. The number of allylic oxidation sites excluding steroid dienone is 2. The molecule has 0 saturated carbocycles. The van der Waals surface area contributed by atoms with Crippen molar-refractivity contribution in [2.45, 2.75) is 12.8 Å². The highest BCUT2D eigenvalue weighted by Gasteiger charge is 2.34. The maximum atomic E-state index is 12.2. The van der Waals surface area contributed by atoms with Crippen LogP contribution in [-0.4, -0.2) is 60.1 Å². The molecule has 2 aliphatic rings. The van der Waals surface area contributed by atoms with Crippen LogP contribution >= 0.6 is 0 Å². The van der Waals surface area contributed by atoms with E-state index in [0.717, 1.165) is 26.2 Å². The Kier molecular flexibility index (Phi) is 4.55. The van der Waals surface area contributed by atoms with Gasteiger partial charge in [0.15, 0.2) is 0 Å². The number of nitrogens with zero attached hydrogens (tertiary/aromatic N) is 2. The minimum Gasteiger partial charge on any atom is -0.481 e. The number of rotatable bonds is 3. The summed E-state index contributed by atoms with van der Waals surface area (Å²) < 4.78 is 0. The Labute approximate surface area is 113 Å². The summed E-state index contributed by atoms with van der Waals surface area (Å²) in [7, 11) is 2.05. The van der Waals surface area contributed by atoms with E-state index in [4.69, 9.17) is 5.11 Å². The minimum absolute atomic E-state index is 0.165. The van der Waals surface area contributed by atoms with Gasteiger partial charge in [0.05, 0.1) is 11.8 Å². The number of piperazine rings is 1. The Morgan fingerprint density at radius 2 is 1.68 bits per heavy atom. The molecule has 106 valence electrons. The highest BCUT2D eigenvalue weighted by Crippen LogP contribution is 2.26. The van der Waals surface area contributed by atoms with E-state index in [0.29, 0.717) is 12.8 Å². The van der Waals surface area contributed by atoms with Crippen molar-refractivity contribution in [2.24, 2.45) is 11.8 Å². The highest BCUT2D eigenvalue weighted by molar-refractivity contribution is 5.85. The van der Waals surface area contributed by atoms with Crippen molar-refractivity contribution in [1.29, 1.82) is 0 Å². The van der Waals surface area contributed by atoms with Gasteiger partial charge in [-0.15, -0.1) is 0 Å². The molecule has 1 fully saturated rings. The van der Waals surface area contributed by atoms with Crippen LogP contribution in [0.15, 0.2) is 12.2 Å². The average Bonchev–Trinajstić information content (AvgIpc) is 2.41. The normalized spacial score (nSPS) is 29.1. The Morgan fingerprint density at radius 3 is 2.26 bits per heavy atom. The fraction of sp³-hybridized carbons (Fsp3) is 0.692. The first-order valence-corrected chi connectivity index (χ1v) is 6.69. The summed E-state index contributed by atoms with van der Waals surface area (Å²) in [6, 6.07) is 0. The van der Waals surface area contributed by atoms with Crippen LogP contribution in [0.25, 0.3) is 0 Å². The van der Waals surface area contributed by atoms with E-state index in [1.807, 2.05) is 24.2 Å². The summed E-state index contributed by atoms with van der Waals surface area (Å²) in [6.07, 6.45) is 4.69. The van der Waals surface area contributed by atoms with Crippen molar-refractivity contribution in [1.82, 2.24) is 15.3 Å². The lowest BCUT2D eigenvalue weighted by Crippen LogP contribution is -2.54. The lowest BCUT2D eigenvalue weighted by molar-refractivity contribution is -0.148. The van der Waals surface area contributed by atoms with E-state index in [9.17, 15) is 9.59 Å². The predicted molar refractivity (Wildman–Crippen MR) is 70.2 cm³/mol. The second kappa shape index (κ2) is 6.16. The molecule has 6 nitrogen and oxygen atoms in total. The minimum atomic E-state index is -0.886. The van der Waals surface area contributed by atoms with Gasteiger partial charge in [0, 0.05) is 26.2 Å². The fourth-order valence-corrected chi connectivity index (χ4v) is 2.53. The second-order valence-electron chi connectivity index (χ2n) is 5.26. The van der Waals surface area contributed by atoms with Crippen molar-refractivity contribution >= 4 is 11.9 Å². The number of aliphatic carboxylic acids is 1. The summed E-state index contributed by atoms with van der Waals surface area (Å²) >= 11 is 0. The molecule has 2 atom stereocenters. The third-order valence-corrected chi connectivity index (χ3v) is 3.86. The average molecular weight is 267 g/mol. The molecule has 2 rings (SSSR count). The highest BCUT2D eigenvalue weighted by atomic mass is 16.4. The molecular formula is C13H21N3O3. The summed E-state index contributed by atoms with van der Waals surface area (Å²) in [5, 5.41) is 11.1. The number of hydrazine groups is 1. The van der Waals surface area contributed by atoms with Gasteiger partial charge in [-0.3, -0.25) is 15.0 Å². The zero-order chi connectivity index (χ0) is 13.8. The van der Waals surface area contributed by atoms with Crippen molar-refractivity contribution in [3.05, 3.63) is 12.2 Å². The predicted octanol–water partition coefficient (Wildman–Crippen LogP) is -0.0680. The fourth-order valence-electron chi connectivity index (χ4n) is 2.53. The first-order valence-electron chi connectivity index (χ1n) is 6.69. The number of carboxylic acids is 1. The molecule has 0 unspecified atom stereocenters. The van der Waals surface area contributed by atoms with E-state index < -0.39 is 17.8 Å². The smallest absolute Gasteiger partial charge is 0.307 e. The number of hydrogen-bond acceptors (Lipinski definition) is 4. The molecule has 0 spiro atoms. The Balaban J connectivity index is 1.91. The molecule has 0 radical (unpaired) electrons. The first-order chi connectivity index (χ1) is 9.08. The quantitative estimate of drug-likeness (QED) is 0.700. The van der Waals surface area contributed by atoms with E-state index in [1.54, 1.807) is 0 Å². The van der Waals surface area contributed by atoms with Crippen LogP contribution in [-0.2, 0) is 9.59 Å². The van der Waals surface area contributed by atoms with Gasteiger partial charge >= 0.3 is 5.97 Å². The molecule has 2 N–H and O–H groups in total. The van der Waals surface area contributed by atoms with Crippen LogP contribution in [0.1, 0.15) is 12.8 Å². The lowest BCUT2D eigenvalue weighted by Gasteiger charge is -2.34. The number of carbonyl (C=O) groups is 2. The third kappa shape index (κ3) is 3.54. The molecule has 0 aromatic carbocycles. The van der Waals surface area contributed by atoms with Crippen LogP contribution < -0.4 is 5.43 Å². The molecule has 0 bridgehead atoms. The van der Waals surface area contributed by atoms with Crippen molar-refractivity contribution < 1.29 is 14.7 Å². The maximum Gasteiger partial charge on any atom is 0.307 e. The van der Waals surface area contributed by atoms with Crippen molar-refractivity contribution in [3.63, 3.8) is 0 Å². The molecule has 6 heteroatoms. The maximum absolute atomic E-state index is 12.2. The van der Waals surface area contributed by atoms with E-state index >= 15 is 0 Å². The molecule has 19 heavy (non-hydrogen) atoms. The summed E-state index contributed by atoms with van der Waals surface area (Å²) in [5.74, 6) is -2.11. The van der Waals surface area contributed by atoms with Crippen LogP contribution in [0.3, 0.4) is 0 Å². The summed E-state index contributed by atoms with van der Waals surface area (Å²) in [5.41, 5.74) is 2.86. The van der Waals surface area contributed by atoms with Gasteiger partial charge < -0.3 is 10.0 Å². The van der Waals surface area contributed by atoms with Gasteiger partial charge in [-0.2, -0.15) is 0 Å². The molecule has 1 aliphatic heterocycles. The molecule has 1 saturated heterocycles. The number of carboxylic acid groups (broad SMARTS) is 1.